The summed E-state index contributed by atoms with van der Waals surface area (Å²) in [6.07, 6.45) is 2.72. The Morgan fingerprint density at radius 3 is 2.36 bits per heavy atom. The monoisotopic (exact) mass is 452 g/mol. The van der Waals surface area contributed by atoms with Gasteiger partial charge in [-0.1, -0.05) is 0 Å². The Morgan fingerprint density at radius 1 is 0.970 bits per heavy atom. The summed E-state index contributed by atoms with van der Waals surface area (Å²) in [6, 6.07) is 8.67. The zero-order valence-corrected chi connectivity index (χ0v) is 18.8. The maximum Gasteiger partial charge on any atom is 0.321 e. The number of carbonyl (C=O) groups excluding carboxylic acids is 2. The minimum absolute atomic E-state index is 0.0430. The highest BCUT2D eigenvalue weighted by atomic mass is 16.5. The molecule has 2 aliphatic heterocycles. The van der Waals surface area contributed by atoms with Gasteiger partial charge in [0.25, 0.3) is 5.56 Å². The molecule has 1 saturated carbocycles. The molecule has 1 aliphatic carbocycles. The van der Waals surface area contributed by atoms with Crippen LogP contribution in [0.15, 0.2) is 35.1 Å². The number of likely N-dealkylation sites (tertiary alicyclic amines) is 1. The Morgan fingerprint density at radius 2 is 1.70 bits per heavy atom. The van der Waals surface area contributed by atoms with Gasteiger partial charge in [-0.2, -0.15) is 0 Å². The van der Waals surface area contributed by atoms with E-state index in [0.717, 1.165) is 25.0 Å². The molecule has 2 atom stereocenters. The lowest BCUT2D eigenvalue weighted by Gasteiger charge is -2.42. The van der Waals surface area contributed by atoms with Gasteiger partial charge >= 0.3 is 6.03 Å². The highest BCUT2D eigenvalue weighted by Gasteiger charge is 2.37. The molecule has 2 N–H and O–H groups in total. The third-order valence-electron chi connectivity index (χ3n) is 6.70. The Hall–Kier alpha value is -3.49. The molecule has 3 aliphatic rings. The molecule has 2 unspecified atom stereocenters. The molecule has 3 amide bonds. The molecular formula is C24H28N4O5. The van der Waals surface area contributed by atoms with E-state index >= 15 is 0 Å². The number of hydrogen-bond donors (Lipinski definition) is 2. The number of piperidine rings is 1. The van der Waals surface area contributed by atoms with Gasteiger partial charge in [-0.05, 0) is 37.3 Å². The molecule has 5 rings (SSSR count). The average Bonchev–Trinajstić information content (AvgIpc) is 3.66. The Bertz CT molecular complexity index is 1130. The van der Waals surface area contributed by atoms with E-state index in [-0.39, 0.29) is 35.3 Å². The van der Waals surface area contributed by atoms with Crippen molar-refractivity contribution in [2.75, 3.05) is 37.9 Å². The number of hydrogen-bond acceptors (Lipinski definition) is 5. The van der Waals surface area contributed by atoms with E-state index in [0.29, 0.717) is 42.5 Å². The van der Waals surface area contributed by atoms with Crippen molar-refractivity contribution in [2.24, 2.45) is 11.8 Å². The quantitative estimate of drug-likeness (QED) is 0.726. The number of amides is 3. The van der Waals surface area contributed by atoms with Crippen LogP contribution in [-0.4, -0.2) is 48.7 Å². The van der Waals surface area contributed by atoms with Gasteiger partial charge in [-0.25, -0.2) is 4.79 Å². The number of urea groups is 1. The molecular weight excluding hydrogens is 424 g/mol. The second-order valence-corrected chi connectivity index (χ2v) is 9.09. The van der Waals surface area contributed by atoms with E-state index in [1.165, 1.54) is 0 Å². The van der Waals surface area contributed by atoms with Crippen LogP contribution in [0, 0.1) is 11.8 Å². The normalized spacial score (nSPS) is 21.1. The SMILES string of the molecule is COc1cc(NC(=O)N2CC3CC(C2)c2ccc(NC(=O)C4CC4)c(=O)n2C3)cc(OC)c1. The van der Waals surface area contributed by atoms with E-state index in [2.05, 4.69) is 10.6 Å². The van der Waals surface area contributed by atoms with E-state index in [1.807, 2.05) is 11.0 Å². The van der Waals surface area contributed by atoms with Crippen LogP contribution >= 0.6 is 0 Å². The number of pyridine rings is 1. The highest BCUT2D eigenvalue weighted by Crippen LogP contribution is 2.36. The molecule has 0 spiro atoms. The summed E-state index contributed by atoms with van der Waals surface area (Å²) in [5, 5.41) is 5.74. The maximum absolute atomic E-state index is 13.0. The van der Waals surface area contributed by atoms with Crippen LogP contribution in [0.3, 0.4) is 0 Å². The van der Waals surface area contributed by atoms with Gasteiger partial charge < -0.3 is 29.6 Å². The zero-order chi connectivity index (χ0) is 23.1. The molecule has 1 aromatic carbocycles. The summed E-state index contributed by atoms with van der Waals surface area (Å²) in [7, 11) is 3.13. The molecule has 33 heavy (non-hydrogen) atoms. The van der Waals surface area contributed by atoms with Crippen molar-refractivity contribution in [1.82, 2.24) is 9.47 Å². The first-order valence-electron chi connectivity index (χ1n) is 11.3. The van der Waals surface area contributed by atoms with Crippen LogP contribution in [0.25, 0.3) is 0 Å². The smallest absolute Gasteiger partial charge is 0.321 e. The predicted octanol–water partition coefficient (Wildman–Crippen LogP) is 2.87. The first-order chi connectivity index (χ1) is 15.9. The fourth-order valence-electron chi connectivity index (χ4n) is 4.87. The fourth-order valence-corrected chi connectivity index (χ4v) is 4.87. The van der Waals surface area contributed by atoms with Crippen LogP contribution in [0.2, 0.25) is 0 Å². The van der Waals surface area contributed by atoms with Gasteiger partial charge in [0.05, 0.1) is 14.2 Å². The largest absolute Gasteiger partial charge is 0.497 e. The van der Waals surface area contributed by atoms with Crippen molar-refractivity contribution in [3.63, 3.8) is 0 Å². The lowest BCUT2D eigenvalue weighted by atomic mass is 9.83. The Balaban J connectivity index is 1.32. The fraction of sp³-hybridized carbons (Fsp3) is 0.458. The minimum Gasteiger partial charge on any atom is -0.497 e. The second kappa shape index (κ2) is 8.46. The molecule has 9 heteroatoms. The number of rotatable bonds is 5. The lowest BCUT2D eigenvalue weighted by molar-refractivity contribution is -0.117. The summed E-state index contributed by atoms with van der Waals surface area (Å²) in [6.45, 7) is 1.62. The zero-order valence-electron chi connectivity index (χ0n) is 18.8. The van der Waals surface area contributed by atoms with Crippen LogP contribution < -0.4 is 25.7 Å². The van der Waals surface area contributed by atoms with E-state index in [9.17, 15) is 14.4 Å². The number of methoxy groups -OCH3 is 2. The molecule has 174 valence electrons. The third-order valence-corrected chi connectivity index (χ3v) is 6.70. The second-order valence-electron chi connectivity index (χ2n) is 9.09. The van der Waals surface area contributed by atoms with Crippen LogP contribution in [0.4, 0.5) is 16.2 Å². The van der Waals surface area contributed by atoms with Gasteiger partial charge in [0.2, 0.25) is 5.91 Å². The van der Waals surface area contributed by atoms with Gasteiger partial charge in [0.15, 0.2) is 0 Å². The predicted molar refractivity (Wildman–Crippen MR) is 123 cm³/mol. The summed E-state index contributed by atoms with van der Waals surface area (Å²) in [5.74, 6) is 1.41. The van der Waals surface area contributed by atoms with Crippen molar-refractivity contribution in [3.05, 3.63) is 46.4 Å². The number of carbonyl (C=O) groups is 2. The topological polar surface area (TPSA) is 102 Å². The summed E-state index contributed by atoms with van der Waals surface area (Å²) >= 11 is 0. The van der Waals surface area contributed by atoms with Crippen LogP contribution in [-0.2, 0) is 11.3 Å². The van der Waals surface area contributed by atoms with E-state index < -0.39 is 0 Å². The lowest BCUT2D eigenvalue weighted by Crippen LogP contribution is -2.50. The Kier molecular flexibility index (Phi) is 5.47. The minimum atomic E-state index is -0.191. The highest BCUT2D eigenvalue weighted by molar-refractivity contribution is 5.94. The number of aromatic nitrogens is 1. The number of nitrogens with zero attached hydrogens (tertiary/aromatic N) is 2. The molecule has 9 nitrogen and oxygen atoms in total. The van der Waals surface area contributed by atoms with Gasteiger partial charge in [0.1, 0.15) is 17.2 Å². The number of anilines is 2. The van der Waals surface area contributed by atoms with Crippen molar-refractivity contribution in [2.45, 2.75) is 31.7 Å². The molecule has 2 fully saturated rings. The van der Waals surface area contributed by atoms with E-state index in [4.69, 9.17) is 9.47 Å². The Labute approximate surface area is 191 Å². The van der Waals surface area contributed by atoms with Crippen molar-refractivity contribution >= 4 is 23.3 Å². The molecule has 3 heterocycles. The van der Waals surface area contributed by atoms with Gasteiger partial charge in [-0.3, -0.25) is 9.59 Å². The molecule has 1 aromatic heterocycles. The first-order valence-corrected chi connectivity index (χ1v) is 11.3. The van der Waals surface area contributed by atoms with Crippen LogP contribution in [0.5, 0.6) is 11.5 Å². The van der Waals surface area contributed by atoms with Gasteiger partial charge in [0, 0.05) is 61.1 Å². The van der Waals surface area contributed by atoms with Crippen molar-refractivity contribution in [3.8, 4) is 11.5 Å². The number of nitrogens with one attached hydrogen (secondary N) is 2. The molecule has 1 saturated heterocycles. The van der Waals surface area contributed by atoms with Crippen molar-refractivity contribution < 1.29 is 19.1 Å². The summed E-state index contributed by atoms with van der Waals surface area (Å²) in [5.41, 5.74) is 1.70. The van der Waals surface area contributed by atoms with Gasteiger partial charge in [-0.15, -0.1) is 0 Å². The summed E-state index contributed by atoms with van der Waals surface area (Å²) in [4.78, 5) is 40.0. The first kappa shape index (κ1) is 21.4. The molecule has 0 radical (unpaired) electrons. The number of fused-ring (bicyclic) bond motifs is 4. The number of benzene rings is 1. The van der Waals surface area contributed by atoms with E-state index in [1.54, 1.807) is 43.1 Å². The molecule has 2 bridgehead atoms. The maximum atomic E-state index is 13.0. The summed E-state index contributed by atoms with van der Waals surface area (Å²) < 4.78 is 12.3. The van der Waals surface area contributed by atoms with Crippen molar-refractivity contribution in [1.29, 1.82) is 0 Å². The third kappa shape index (κ3) is 4.27. The number of ether oxygens (including phenoxy) is 2. The standard InChI is InChI=1S/C24H28N4O5/c1-32-18-8-17(9-19(10-18)33-2)25-24(31)27-11-14-7-16(13-27)21-6-5-20(23(30)28(21)12-14)26-22(29)15-3-4-15/h5-6,8-10,14-16H,3-4,7,11-13H2,1-2H3,(H,25,31)(H,26,29). The molecule has 2 aromatic rings. The van der Waals surface area contributed by atoms with Crippen LogP contribution in [0.1, 0.15) is 30.9 Å². The average molecular weight is 453 g/mol.